The number of amidine groups is 1. The molecule has 7 nitrogen and oxygen atoms in total. The van der Waals surface area contributed by atoms with E-state index in [1.807, 2.05) is 0 Å². The lowest BCUT2D eigenvalue weighted by Gasteiger charge is -2.08. The van der Waals surface area contributed by atoms with Gasteiger partial charge in [0.2, 0.25) is 0 Å². The quantitative estimate of drug-likeness (QED) is 0.335. The molecule has 0 aliphatic carbocycles. The lowest BCUT2D eigenvalue weighted by Crippen LogP contribution is -2.18. The third-order valence-corrected chi connectivity index (χ3v) is 2.67. The van der Waals surface area contributed by atoms with Gasteiger partial charge in [-0.15, -0.1) is 0 Å². The van der Waals surface area contributed by atoms with Crippen molar-refractivity contribution in [3.05, 3.63) is 47.5 Å². The summed E-state index contributed by atoms with van der Waals surface area (Å²) in [5.41, 5.74) is 5.85. The minimum atomic E-state index is -0.690. The molecule has 0 radical (unpaired) electrons. The van der Waals surface area contributed by atoms with E-state index in [1.165, 1.54) is 29.1 Å². The zero-order chi connectivity index (χ0) is 14.7. The van der Waals surface area contributed by atoms with Crippen molar-refractivity contribution >= 4 is 17.4 Å². The molecule has 1 aromatic heterocycles. The maximum absolute atomic E-state index is 13.8. The van der Waals surface area contributed by atoms with Crippen molar-refractivity contribution in [2.24, 2.45) is 17.9 Å². The van der Waals surface area contributed by atoms with E-state index in [9.17, 15) is 9.18 Å². The van der Waals surface area contributed by atoms with Gasteiger partial charge in [0, 0.05) is 18.8 Å². The van der Waals surface area contributed by atoms with Crippen LogP contribution in [0, 0.1) is 5.82 Å². The first-order valence-electron chi connectivity index (χ1n) is 5.59. The van der Waals surface area contributed by atoms with E-state index in [1.54, 1.807) is 7.05 Å². The van der Waals surface area contributed by atoms with E-state index in [2.05, 4.69) is 15.6 Å². The summed E-state index contributed by atoms with van der Waals surface area (Å²) in [5, 5.41) is 17.6. The van der Waals surface area contributed by atoms with E-state index in [-0.39, 0.29) is 17.1 Å². The Hall–Kier alpha value is -2.90. The van der Waals surface area contributed by atoms with Gasteiger partial charge in [-0.1, -0.05) is 5.16 Å². The molecule has 20 heavy (non-hydrogen) atoms. The fourth-order valence-electron chi connectivity index (χ4n) is 1.62. The number of halogens is 1. The number of benzene rings is 1. The number of aryl methyl sites for hydroxylation is 1. The smallest absolute Gasteiger partial charge is 0.273 e. The molecule has 4 N–H and O–H groups in total. The lowest BCUT2D eigenvalue weighted by atomic mass is 10.2. The van der Waals surface area contributed by atoms with Gasteiger partial charge in [0.05, 0.1) is 5.69 Å². The highest BCUT2D eigenvalue weighted by Crippen LogP contribution is 2.16. The molecular weight excluding hydrogens is 265 g/mol. The first-order chi connectivity index (χ1) is 9.52. The molecular formula is C12H12FN5O2. The summed E-state index contributed by atoms with van der Waals surface area (Å²) in [6.07, 6.45) is 1.47. The van der Waals surface area contributed by atoms with Crippen LogP contribution in [0.3, 0.4) is 0 Å². The van der Waals surface area contributed by atoms with Crippen LogP contribution in [-0.4, -0.2) is 26.7 Å². The Bertz CT molecular complexity index is 680. The number of carbonyl (C=O) groups is 1. The predicted molar refractivity (Wildman–Crippen MR) is 70.1 cm³/mol. The van der Waals surface area contributed by atoms with E-state index in [4.69, 9.17) is 10.9 Å². The third-order valence-electron chi connectivity index (χ3n) is 2.67. The molecule has 0 spiro atoms. The van der Waals surface area contributed by atoms with E-state index in [0.717, 1.165) is 6.07 Å². The number of hydrogen-bond acceptors (Lipinski definition) is 4. The number of oxime groups is 1. The minimum Gasteiger partial charge on any atom is -0.409 e. The summed E-state index contributed by atoms with van der Waals surface area (Å²) < 4.78 is 15.2. The van der Waals surface area contributed by atoms with Crippen molar-refractivity contribution in [3.8, 4) is 0 Å². The summed E-state index contributed by atoms with van der Waals surface area (Å²) in [7, 11) is 1.60. The Kier molecular flexibility index (Phi) is 3.65. The van der Waals surface area contributed by atoms with Crippen molar-refractivity contribution in [1.29, 1.82) is 0 Å². The molecule has 8 heteroatoms. The van der Waals surface area contributed by atoms with E-state index >= 15 is 0 Å². The van der Waals surface area contributed by atoms with E-state index in [0.29, 0.717) is 5.69 Å². The van der Waals surface area contributed by atoms with Crippen molar-refractivity contribution < 1.29 is 14.4 Å². The molecule has 0 saturated carbocycles. The highest BCUT2D eigenvalue weighted by Gasteiger charge is 2.13. The Labute approximate surface area is 113 Å². The van der Waals surface area contributed by atoms with Crippen molar-refractivity contribution in [2.75, 3.05) is 5.32 Å². The number of nitrogens with zero attached hydrogens (tertiary/aromatic N) is 3. The maximum atomic E-state index is 13.8. The van der Waals surface area contributed by atoms with Crippen molar-refractivity contribution in [1.82, 2.24) is 9.78 Å². The average molecular weight is 277 g/mol. The van der Waals surface area contributed by atoms with E-state index < -0.39 is 11.7 Å². The second-order valence-corrected chi connectivity index (χ2v) is 3.97. The van der Waals surface area contributed by atoms with Gasteiger partial charge < -0.3 is 16.3 Å². The van der Waals surface area contributed by atoms with Gasteiger partial charge >= 0.3 is 0 Å². The second kappa shape index (κ2) is 5.39. The Morgan fingerprint density at radius 3 is 2.80 bits per heavy atom. The van der Waals surface area contributed by atoms with Crippen LogP contribution < -0.4 is 11.1 Å². The molecule has 0 aliphatic heterocycles. The second-order valence-electron chi connectivity index (χ2n) is 3.97. The van der Waals surface area contributed by atoms with Crippen molar-refractivity contribution in [3.63, 3.8) is 0 Å². The van der Waals surface area contributed by atoms with Crippen LogP contribution in [0.4, 0.5) is 10.1 Å². The van der Waals surface area contributed by atoms with Crippen LogP contribution in [0.15, 0.2) is 35.6 Å². The zero-order valence-corrected chi connectivity index (χ0v) is 10.5. The van der Waals surface area contributed by atoms with Crippen LogP contribution >= 0.6 is 0 Å². The normalized spacial score (nSPS) is 11.4. The number of hydrogen-bond donors (Lipinski definition) is 3. The van der Waals surface area contributed by atoms with Crippen molar-refractivity contribution in [2.45, 2.75) is 0 Å². The number of nitrogens with two attached hydrogens (primary N) is 1. The number of carbonyl (C=O) groups excluding carboxylic acids is 1. The predicted octanol–water partition coefficient (Wildman–Crippen LogP) is 0.906. The van der Waals surface area contributed by atoms with Crippen LogP contribution in [0.25, 0.3) is 0 Å². The van der Waals surface area contributed by atoms with Gasteiger partial charge in [-0.25, -0.2) is 4.39 Å². The Balaban J connectivity index is 2.23. The summed E-state index contributed by atoms with van der Waals surface area (Å²) in [5.74, 6) is -1.39. The standard InChI is InChI=1S/C12H12FN5O2/c1-18-10(4-5-15-18)12(19)16-9-3-2-7(6-8(9)13)11(14)17-20/h2-6,20H,1H3,(H2,14,17)(H,16,19). The molecule has 1 aromatic carbocycles. The number of nitrogens with one attached hydrogen (secondary N) is 1. The monoisotopic (exact) mass is 277 g/mol. The molecule has 0 aliphatic rings. The third kappa shape index (κ3) is 2.58. The molecule has 1 heterocycles. The highest BCUT2D eigenvalue weighted by atomic mass is 19.1. The Morgan fingerprint density at radius 1 is 1.50 bits per heavy atom. The average Bonchev–Trinajstić information content (AvgIpc) is 2.86. The SMILES string of the molecule is Cn1nccc1C(=O)Nc1ccc(/C(N)=N/O)cc1F. The number of amides is 1. The van der Waals surface area contributed by atoms with Crippen LogP contribution in [-0.2, 0) is 7.05 Å². The minimum absolute atomic E-state index is 0.00862. The summed E-state index contributed by atoms with van der Waals surface area (Å²) >= 11 is 0. The fourth-order valence-corrected chi connectivity index (χ4v) is 1.62. The van der Waals surface area contributed by atoms with Crippen LogP contribution in [0.2, 0.25) is 0 Å². The van der Waals surface area contributed by atoms with Gasteiger partial charge in [0.25, 0.3) is 5.91 Å². The van der Waals surface area contributed by atoms with Gasteiger partial charge in [-0.3, -0.25) is 9.48 Å². The lowest BCUT2D eigenvalue weighted by molar-refractivity contribution is 0.101. The molecule has 0 atom stereocenters. The van der Waals surface area contributed by atoms with Gasteiger partial charge in [0.15, 0.2) is 5.84 Å². The Morgan fingerprint density at radius 2 is 2.25 bits per heavy atom. The topological polar surface area (TPSA) is 106 Å². The fraction of sp³-hybridized carbons (Fsp3) is 0.0833. The zero-order valence-electron chi connectivity index (χ0n) is 10.5. The molecule has 104 valence electrons. The summed E-state index contributed by atoms with van der Waals surface area (Å²) in [6, 6.07) is 5.33. The first kappa shape index (κ1) is 13.5. The van der Waals surface area contributed by atoms with Gasteiger partial charge in [-0.05, 0) is 24.3 Å². The number of anilines is 1. The highest BCUT2D eigenvalue weighted by molar-refractivity contribution is 6.03. The summed E-state index contributed by atoms with van der Waals surface area (Å²) in [4.78, 5) is 11.9. The van der Waals surface area contributed by atoms with Gasteiger partial charge in [0.1, 0.15) is 11.5 Å². The number of aromatic nitrogens is 2. The van der Waals surface area contributed by atoms with Gasteiger partial charge in [-0.2, -0.15) is 5.10 Å². The largest absolute Gasteiger partial charge is 0.409 e. The molecule has 0 saturated heterocycles. The van der Waals surface area contributed by atoms with Crippen LogP contribution in [0.1, 0.15) is 16.1 Å². The maximum Gasteiger partial charge on any atom is 0.273 e. The molecule has 0 unspecified atom stereocenters. The molecule has 0 fully saturated rings. The molecule has 0 bridgehead atoms. The first-order valence-corrected chi connectivity index (χ1v) is 5.59. The molecule has 1 amide bonds. The van der Waals surface area contributed by atoms with Crippen LogP contribution in [0.5, 0.6) is 0 Å². The molecule has 2 aromatic rings. The molecule has 2 rings (SSSR count). The number of rotatable bonds is 3. The summed E-state index contributed by atoms with van der Waals surface area (Å²) in [6.45, 7) is 0.